The van der Waals surface area contributed by atoms with E-state index in [1.54, 1.807) is 24.3 Å². The number of nitrogens with one attached hydrogen (secondary N) is 1. The summed E-state index contributed by atoms with van der Waals surface area (Å²) in [5.74, 6) is 1.89. The van der Waals surface area contributed by atoms with E-state index in [4.69, 9.17) is 9.26 Å². The third-order valence-electron chi connectivity index (χ3n) is 4.76. The first-order valence-electron chi connectivity index (χ1n) is 9.28. The summed E-state index contributed by atoms with van der Waals surface area (Å²) in [4.78, 5) is 12.6. The van der Waals surface area contributed by atoms with E-state index in [1.807, 2.05) is 49.6 Å². The van der Waals surface area contributed by atoms with Gasteiger partial charge in [-0.05, 0) is 57.2 Å². The largest absolute Gasteiger partial charge is 0.489 e. The zero-order valence-electron chi connectivity index (χ0n) is 16.4. The first-order valence-corrected chi connectivity index (χ1v) is 9.28. The molecule has 4 aromatic rings. The van der Waals surface area contributed by atoms with Crippen molar-refractivity contribution in [3.63, 3.8) is 0 Å². The van der Waals surface area contributed by atoms with E-state index < -0.39 is 0 Å². The summed E-state index contributed by atoms with van der Waals surface area (Å²) in [6.45, 7) is 5.97. The molecule has 1 unspecified atom stereocenters. The third kappa shape index (κ3) is 3.82. The Morgan fingerprint density at radius 3 is 2.69 bits per heavy atom. The number of pyridine rings is 1. The quantitative estimate of drug-likeness (QED) is 0.541. The fraction of sp³-hybridized carbons (Fsp3) is 0.238. The van der Waals surface area contributed by atoms with Crippen molar-refractivity contribution in [1.82, 2.24) is 25.1 Å². The number of amides is 1. The van der Waals surface area contributed by atoms with Gasteiger partial charge in [0, 0.05) is 11.8 Å². The minimum absolute atomic E-state index is 0.192. The van der Waals surface area contributed by atoms with E-state index in [2.05, 4.69) is 20.7 Å². The number of aryl methyl sites for hydroxylation is 2. The molecule has 0 saturated heterocycles. The normalized spacial score (nSPS) is 12.1. The summed E-state index contributed by atoms with van der Waals surface area (Å²) in [5.41, 5.74) is 3.02. The number of carbonyl (C=O) groups excluding carboxylic acids is 1. The Balaban J connectivity index is 1.40. The summed E-state index contributed by atoms with van der Waals surface area (Å²) in [7, 11) is 0. The number of benzene rings is 1. The summed E-state index contributed by atoms with van der Waals surface area (Å²) in [6.07, 6.45) is 1.87. The van der Waals surface area contributed by atoms with E-state index in [9.17, 15) is 4.79 Å². The molecule has 29 heavy (non-hydrogen) atoms. The Morgan fingerprint density at radius 1 is 1.17 bits per heavy atom. The molecule has 1 aromatic carbocycles. The van der Waals surface area contributed by atoms with Gasteiger partial charge in [0.05, 0.1) is 17.3 Å². The van der Waals surface area contributed by atoms with Crippen molar-refractivity contribution in [2.24, 2.45) is 0 Å². The average molecular weight is 391 g/mol. The second-order valence-electron chi connectivity index (χ2n) is 6.80. The van der Waals surface area contributed by atoms with Crippen LogP contribution >= 0.6 is 0 Å². The molecule has 4 rings (SSSR count). The minimum Gasteiger partial charge on any atom is -0.489 e. The topological polar surface area (TPSA) is 94.5 Å². The standard InChI is InChI=1S/C21H21N5O3/c1-13-18(15(3)29-25-13)12-28-17-9-7-16(8-10-17)21(27)22-14(2)20-24-23-19-6-4-5-11-26(19)20/h4-11,14H,12H2,1-3H3,(H,22,27). The van der Waals surface area contributed by atoms with Crippen molar-refractivity contribution in [3.05, 3.63) is 77.1 Å². The second kappa shape index (κ2) is 7.75. The number of rotatable bonds is 6. The van der Waals surface area contributed by atoms with Crippen LogP contribution in [0.4, 0.5) is 0 Å². The number of hydrogen-bond acceptors (Lipinski definition) is 6. The van der Waals surface area contributed by atoms with Gasteiger partial charge < -0.3 is 14.6 Å². The van der Waals surface area contributed by atoms with Gasteiger partial charge in [0.2, 0.25) is 0 Å². The molecule has 1 N–H and O–H groups in total. The van der Waals surface area contributed by atoms with E-state index in [0.717, 1.165) is 22.7 Å². The van der Waals surface area contributed by atoms with Gasteiger partial charge in [0.15, 0.2) is 11.5 Å². The molecule has 0 spiro atoms. The number of carbonyl (C=O) groups is 1. The molecule has 0 bridgehead atoms. The molecule has 0 aliphatic heterocycles. The molecule has 0 aliphatic rings. The predicted octanol–water partition coefficient (Wildman–Crippen LogP) is 3.40. The zero-order valence-corrected chi connectivity index (χ0v) is 16.4. The smallest absolute Gasteiger partial charge is 0.251 e. The SMILES string of the molecule is Cc1noc(C)c1COc1ccc(C(=O)NC(C)c2nnc3ccccn23)cc1. The molecule has 1 atom stereocenters. The molecule has 8 nitrogen and oxygen atoms in total. The van der Waals surface area contributed by atoms with Crippen LogP contribution in [0.5, 0.6) is 5.75 Å². The lowest BCUT2D eigenvalue weighted by Gasteiger charge is -2.13. The molecule has 0 aliphatic carbocycles. The molecule has 1 amide bonds. The molecule has 3 heterocycles. The lowest BCUT2D eigenvalue weighted by Crippen LogP contribution is -2.27. The zero-order chi connectivity index (χ0) is 20.4. The highest BCUT2D eigenvalue weighted by Gasteiger charge is 2.17. The van der Waals surface area contributed by atoms with Crippen molar-refractivity contribution >= 4 is 11.6 Å². The van der Waals surface area contributed by atoms with Gasteiger partial charge in [0.25, 0.3) is 5.91 Å². The maximum Gasteiger partial charge on any atom is 0.251 e. The maximum atomic E-state index is 12.6. The van der Waals surface area contributed by atoms with Gasteiger partial charge in [-0.15, -0.1) is 10.2 Å². The Bertz CT molecular complexity index is 1130. The third-order valence-corrected chi connectivity index (χ3v) is 4.76. The highest BCUT2D eigenvalue weighted by molar-refractivity contribution is 5.94. The second-order valence-corrected chi connectivity index (χ2v) is 6.80. The van der Waals surface area contributed by atoms with Crippen molar-refractivity contribution in [2.75, 3.05) is 0 Å². The first-order chi connectivity index (χ1) is 14.0. The number of nitrogens with zero attached hydrogens (tertiary/aromatic N) is 4. The van der Waals surface area contributed by atoms with Crippen LogP contribution < -0.4 is 10.1 Å². The number of aromatic nitrogens is 4. The highest BCUT2D eigenvalue weighted by Crippen LogP contribution is 2.19. The van der Waals surface area contributed by atoms with Gasteiger partial charge in [-0.25, -0.2) is 0 Å². The Kier molecular flexibility index (Phi) is 4.99. The number of fused-ring (bicyclic) bond motifs is 1. The van der Waals surface area contributed by atoms with Crippen LogP contribution in [0.1, 0.15) is 46.2 Å². The van der Waals surface area contributed by atoms with Gasteiger partial charge in [-0.1, -0.05) is 11.2 Å². The average Bonchev–Trinajstić information content (AvgIpc) is 3.30. The van der Waals surface area contributed by atoms with E-state index in [0.29, 0.717) is 23.7 Å². The molecule has 0 fully saturated rings. The van der Waals surface area contributed by atoms with E-state index >= 15 is 0 Å². The van der Waals surface area contributed by atoms with Gasteiger partial charge in [-0.2, -0.15) is 0 Å². The van der Waals surface area contributed by atoms with Crippen LogP contribution in [0.3, 0.4) is 0 Å². The fourth-order valence-electron chi connectivity index (χ4n) is 3.07. The monoisotopic (exact) mass is 391 g/mol. The summed E-state index contributed by atoms with van der Waals surface area (Å²) in [5, 5.41) is 15.2. The van der Waals surface area contributed by atoms with E-state index in [-0.39, 0.29) is 11.9 Å². The van der Waals surface area contributed by atoms with Crippen LogP contribution in [-0.2, 0) is 6.61 Å². The van der Waals surface area contributed by atoms with Crippen LogP contribution in [0.2, 0.25) is 0 Å². The lowest BCUT2D eigenvalue weighted by atomic mass is 10.2. The minimum atomic E-state index is -0.296. The summed E-state index contributed by atoms with van der Waals surface area (Å²) < 4.78 is 12.8. The maximum absolute atomic E-state index is 12.6. The highest BCUT2D eigenvalue weighted by atomic mass is 16.5. The molecule has 3 aromatic heterocycles. The predicted molar refractivity (Wildman–Crippen MR) is 106 cm³/mol. The molecule has 148 valence electrons. The van der Waals surface area contributed by atoms with Gasteiger partial charge >= 0.3 is 0 Å². The fourth-order valence-corrected chi connectivity index (χ4v) is 3.07. The molecule has 0 radical (unpaired) electrons. The first kappa shape index (κ1) is 18.7. The molecule has 8 heteroatoms. The lowest BCUT2D eigenvalue weighted by molar-refractivity contribution is 0.0938. The van der Waals surface area contributed by atoms with Crippen molar-refractivity contribution in [1.29, 1.82) is 0 Å². The van der Waals surface area contributed by atoms with Crippen LogP contribution in [-0.4, -0.2) is 25.7 Å². The molecule has 0 saturated carbocycles. The Morgan fingerprint density at radius 2 is 1.97 bits per heavy atom. The van der Waals surface area contributed by atoms with Gasteiger partial charge in [-0.3, -0.25) is 9.20 Å². The van der Waals surface area contributed by atoms with Crippen LogP contribution in [0.15, 0.2) is 53.2 Å². The van der Waals surface area contributed by atoms with Gasteiger partial charge in [0.1, 0.15) is 18.1 Å². The Labute approximate surface area is 167 Å². The Hall–Kier alpha value is -3.68. The van der Waals surface area contributed by atoms with E-state index in [1.165, 1.54) is 0 Å². The molecular weight excluding hydrogens is 370 g/mol. The van der Waals surface area contributed by atoms with Crippen LogP contribution in [0, 0.1) is 13.8 Å². The molecular formula is C21H21N5O3. The van der Waals surface area contributed by atoms with Crippen molar-refractivity contribution < 1.29 is 14.1 Å². The van der Waals surface area contributed by atoms with Crippen molar-refractivity contribution in [3.8, 4) is 5.75 Å². The number of ether oxygens (including phenoxy) is 1. The van der Waals surface area contributed by atoms with Crippen LogP contribution in [0.25, 0.3) is 5.65 Å². The summed E-state index contributed by atoms with van der Waals surface area (Å²) >= 11 is 0. The summed E-state index contributed by atoms with van der Waals surface area (Å²) in [6, 6.07) is 12.4. The number of hydrogen-bond donors (Lipinski definition) is 1. The van der Waals surface area contributed by atoms with Crippen molar-refractivity contribution in [2.45, 2.75) is 33.4 Å².